The zero-order valence-corrected chi connectivity index (χ0v) is 20.1. The van der Waals surface area contributed by atoms with Gasteiger partial charge in [-0.2, -0.15) is 5.10 Å². The molecule has 174 valence electrons. The molecule has 2 heterocycles. The van der Waals surface area contributed by atoms with E-state index in [4.69, 9.17) is 11.6 Å². The first-order valence-corrected chi connectivity index (χ1v) is 12.0. The molecule has 0 saturated heterocycles. The predicted molar refractivity (Wildman–Crippen MR) is 131 cm³/mol. The summed E-state index contributed by atoms with van der Waals surface area (Å²) >= 11 is 6.33. The third-order valence-electron chi connectivity index (χ3n) is 6.41. The molecule has 1 aliphatic carbocycles. The minimum atomic E-state index is -0.202. The smallest absolute Gasteiger partial charge is 0.255 e. The highest BCUT2D eigenvalue weighted by Gasteiger charge is 2.25. The third-order valence-corrected chi connectivity index (χ3v) is 6.82. The zero-order valence-electron chi connectivity index (χ0n) is 19.3. The summed E-state index contributed by atoms with van der Waals surface area (Å²) in [5.41, 5.74) is 3.91. The number of benzene rings is 1. The standard InChI is InChI=1S/C25H30ClN5O2/c1-4-22(16-7-6-15(3)21(26)12-16)30-25(33)20-13-27-24-19(14-28-31(24)5-2)23(20)29-17-8-10-18(32)11-9-17/h6-7,12-14,17,22H,4-5,8-11H2,1-3H3,(H,27,29)(H,30,33). The van der Waals surface area contributed by atoms with Crippen molar-refractivity contribution in [2.75, 3.05) is 5.32 Å². The number of aryl methyl sites for hydroxylation is 2. The van der Waals surface area contributed by atoms with Gasteiger partial charge in [0.15, 0.2) is 5.65 Å². The van der Waals surface area contributed by atoms with E-state index in [1.54, 1.807) is 12.4 Å². The van der Waals surface area contributed by atoms with Crippen LogP contribution in [0, 0.1) is 6.92 Å². The molecule has 33 heavy (non-hydrogen) atoms. The zero-order chi connectivity index (χ0) is 23.5. The largest absolute Gasteiger partial charge is 0.381 e. The lowest BCUT2D eigenvalue weighted by molar-refractivity contribution is -0.120. The molecule has 1 aliphatic rings. The Hall–Kier alpha value is -2.93. The number of Topliss-reactive ketones (excluding diaryl/α,β-unsaturated/α-hetero) is 1. The van der Waals surface area contributed by atoms with Crippen LogP contribution in [0.15, 0.2) is 30.6 Å². The first-order valence-electron chi connectivity index (χ1n) is 11.6. The third kappa shape index (κ3) is 4.88. The first-order chi connectivity index (χ1) is 15.9. The molecular weight excluding hydrogens is 438 g/mol. The molecule has 1 saturated carbocycles. The van der Waals surface area contributed by atoms with Crippen LogP contribution in [-0.2, 0) is 11.3 Å². The van der Waals surface area contributed by atoms with E-state index in [1.165, 1.54) is 0 Å². The lowest BCUT2D eigenvalue weighted by atomic mass is 9.94. The second kappa shape index (κ2) is 9.91. The van der Waals surface area contributed by atoms with Crippen molar-refractivity contribution in [2.24, 2.45) is 0 Å². The van der Waals surface area contributed by atoms with Gasteiger partial charge in [-0.05, 0) is 50.3 Å². The van der Waals surface area contributed by atoms with Crippen LogP contribution in [0.2, 0.25) is 5.02 Å². The number of carbonyl (C=O) groups excluding carboxylic acids is 2. The van der Waals surface area contributed by atoms with Crippen molar-refractivity contribution in [1.82, 2.24) is 20.1 Å². The molecule has 2 aromatic heterocycles. The second-order valence-electron chi connectivity index (χ2n) is 8.64. The van der Waals surface area contributed by atoms with Crippen molar-refractivity contribution >= 4 is 40.0 Å². The van der Waals surface area contributed by atoms with Crippen molar-refractivity contribution in [1.29, 1.82) is 0 Å². The number of aromatic nitrogens is 3. The number of fused-ring (bicyclic) bond motifs is 1. The SMILES string of the molecule is CCC(NC(=O)c1cnc2c(cnn2CC)c1NC1CCC(=O)CC1)c1ccc(C)c(Cl)c1. The fourth-order valence-electron chi connectivity index (χ4n) is 4.36. The van der Waals surface area contributed by atoms with Crippen LogP contribution >= 0.6 is 11.6 Å². The van der Waals surface area contributed by atoms with Crippen molar-refractivity contribution in [2.45, 2.75) is 71.5 Å². The molecule has 0 radical (unpaired) electrons. The van der Waals surface area contributed by atoms with Gasteiger partial charge in [-0.15, -0.1) is 0 Å². The summed E-state index contributed by atoms with van der Waals surface area (Å²) in [6, 6.07) is 5.83. The lowest BCUT2D eigenvalue weighted by Crippen LogP contribution is -2.31. The molecule has 3 aromatic rings. The lowest BCUT2D eigenvalue weighted by Gasteiger charge is -2.25. The molecule has 0 spiro atoms. The summed E-state index contributed by atoms with van der Waals surface area (Å²) in [5, 5.41) is 12.6. The Bertz CT molecular complexity index is 1180. The quantitative estimate of drug-likeness (QED) is 0.497. The van der Waals surface area contributed by atoms with Crippen LogP contribution in [-0.4, -0.2) is 32.5 Å². The number of nitrogens with zero attached hydrogens (tertiary/aromatic N) is 3. The minimum absolute atomic E-state index is 0.128. The Balaban J connectivity index is 1.66. The molecule has 1 fully saturated rings. The van der Waals surface area contributed by atoms with E-state index in [0.29, 0.717) is 35.8 Å². The molecule has 2 N–H and O–H groups in total. The summed E-state index contributed by atoms with van der Waals surface area (Å²) in [4.78, 5) is 29.7. The summed E-state index contributed by atoms with van der Waals surface area (Å²) in [6.07, 6.45) is 6.74. The molecular formula is C25H30ClN5O2. The van der Waals surface area contributed by atoms with Crippen LogP contribution in [0.1, 0.15) is 73.5 Å². The van der Waals surface area contributed by atoms with Gasteiger partial charge in [0.25, 0.3) is 5.91 Å². The van der Waals surface area contributed by atoms with Crippen LogP contribution in [0.25, 0.3) is 11.0 Å². The Morgan fingerprint density at radius 3 is 2.67 bits per heavy atom. The Labute approximate surface area is 198 Å². The van der Waals surface area contributed by atoms with E-state index in [1.807, 2.05) is 43.7 Å². The van der Waals surface area contributed by atoms with E-state index >= 15 is 0 Å². The van der Waals surface area contributed by atoms with E-state index < -0.39 is 0 Å². The van der Waals surface area contributed by atoms with Gasteiger partial charge < -0.3 is 10.6 Å². The number of ketones is 1. The molecule has 0 bridgehead atoms. The Morgan fingerprint density at radius 1 is 1.24 bits per heavy atom. The van der Waals surface area contributed by atoms with Gasteiger partial charge in [0.2, 0.25) is 0 Å². The highest BCUT2D eigenvalue weighted by Crippen LogP contribution is 2.30. The summed E-state index contributed by atoms with van der Waals surface area (Å²) in [6.45, 7) is 6.68. The van der Waals surface area contributed by atoms with Crippen molar-refractivity contribution in [3.05, 3.63) is 52.3 Å². The summed E-state index contributed by atoms with van der Waals surface area (Å²) in [7, 11) is 0. The normalized spacial score (nSPS) is 15.6. The predicted octanol–water partition coefficient (Wildman–Crippen LogP) is 5.22. The number of carbonyl (C=O) groups is 2. The van der Waals surface area contributed by atoms with Crippen LogP contribution in [0.3, 0.4) is 0 Å². The van der Waals surface area contributed by atoms with Gasteiger partial charge in [-0.3, -0.25) is 9.59 Å². The van der Waals surface area contributed by atoms with Crippen molar-refractivity contribution in [3.63, 3.8) is 0 Å². The van der Waals surface area contributed by atoms with Gasteiger partial charge in [0.1, 0.15) is 5.78 Å². The minimum Gasteiger partial charge on any atom is -0.381 e. The number of rotatable bonds is 7. The van der Waals surface area contributed by atoms with Crippen molar-refractivity contribution < 1.29 is 9.59 Å². The summed E-state index contributed by atoms with van der Waals surface area (Å²) < 4.78 is 1.82. The molecule has 1 aromatic carbocycles. The monoisotopic (exact) mass is 467 g/mol. The summed E-state index contributed by atoms with van der Waals surface area (Å²) in [5.74, 6) is 0.0961. The Kier molecular flexibility index (Phi) is 6.98. The number of nitrogens with one attached hydrogen (secondary N) is 2. The van der Waals surface area contributed by atoms with Gasteiger partial charge in [0.05, 0.1) is 28.9 Å². The van der Waals surface area contributed by atoms with Gasteiger partial charge in [-0.1, -0.05) is 30.7 Å². The average molecular weight is 468 g/mol. The highest BCUT2D eigenvalue weighted by molar-refractivity contribution is 6.31. The number of amides is 1. The molecule has 1 unspecified atom stereocenters. The Morgan fingerprint density at radius 2 is 2.00 bits per heavy atom. The van der Waals surface area contributed by atoms with Crippen LogP contribution in [0.4, 0.5) is 5.69 Å². The topological polar surface area (TPSA) is 88.9 Å². The molecule has 7 nitrogen and oxygen atoms in total. The molecule has 0 aliphatic heterocycles. The maximum absolute atomic E-state index is 13.5. The van der Waals surface area contributed by atoms with E-state index in [-0.39, 0.29) is 18.0 Å². The van der Waals surface area contributed by atoms with Crippen LogP contribution in [0.5, 0.6) is 0 Å². The van der Waals surface area contributed by atoms with E-state index in [2.05, 4.69) is 20.7 Å². The number of halogens is 1. The fraction of sp³-hybridized carbons (Fsp3) is 0.440. The number of pyridine rings is 1. The maximum atomic E-state index is 13.5. The van der Waals surface area contributed by atoms with Crippen LogP contribution < -0.4 is 10.6 Å². The molecule has 4 rings (SSSR count). The van der Waals surface area contributed by atoms with Crippen molar-refractivity contribution in [3.8, 4) is 0 Å². The second-order valence-corrected chi connectivity index (χ2v) is 9.05. The number of hydrogen-bond donors (Lipinski definition) is 2. The number of anilines is 1. The molecule has 1 amide bonds. The average Bonchev–Trinajstić information content (AvgIpc) is 3.24. The van der Waals surface area contributed by atoms with E-state index in [0.717, 1.165) is 47.1 Å². The molecule has 8 heteroatoms. The molecule has 1 atom stereocenters. The number of hydrogen-bond acceptors (Lipinski definition) is 5. The van der Waals surface area contributed by atoms with Gasteiger partial charge in [-0.25, -0.2) is 9.67 Å². The van der Waals surface area contributed by atoms with E-state index in [9.17, 15) is 9.59 Å². The van der Waals surface area contributed by atoms with Gasteiger partial charge >= 0.3 is 0 Å². The first kappa shape index (κ1) is 23.2. The fourth-order valence-corrected chi connectivity index (χ4v) is 4.55. The highest BCUT2D eigenvalue weighted by atomic mass is 35.5. The van der Waals surface area contributed by atoms with Gasteiger partial charge in [0, 0.05) is 36.6 Å². The maximum Gasteiger partial charge on any atom is 0.255 e.